The summed E-state index contributed by atoms with van der Waals surface area (Å²) in [6, 6.07) is 8.36. The van der Waals surface area contributed by atoms with Crippen LogP contribution in [0.2, 0.25) is 0 Å². The van der Waals surface area contributed by atoms with Crippen LogP contribution in [0, 0.1) is 11.9 Å². The highest BCUT2D eigenvalue weighted by atomic mass is 19.1. The van der Waals surface area contributed by atoms with Gasteiger partial charge in [-0.3, -0.25) is 9.48 Å². The van der Waals surface area contributed by atoms with Crippen molar-refractivity contribution in [2.24, 2.45) is 5.73 Å². The second-order valence-corrected chi connectivity index (χ2v) is 3.55. The number of halogens is 1. The van der Waals surface area contributed by atoms with Gasteiger partial charge in [-0.05, 0) is 24.3 Å². The molecule has 0 aliphatic carbocycles. The Morgan fingerprint density at radius 3 is 2.78 bits per heavy atom. The van der Waals surface area contributed by atoms with Crippen molar-refractivity contribution < 1.29 is 13.9 Å². The monoisotopic (exact) mass is 248 g/mol. The van der Waals surface area contributed by atoms with Crippen LogP contribution in [0.25, 0.3) is 0 Å². The van der Waals surface area contributed by atoms with Crippen LogP contribution in [0.4, 0.5) is 4.39 Å². The summed E-state index contributed by atoms with van der Waals surface area (Å²) in [7, 11) is 0. The molecule has 0 saturated carbocycles. The van der Waals surface area contributed by atoms with Crippen molar-refractivity contribution in [3.63, 3.8) is 0 Å². The topological polar surface area (TPSA) is 70.1 Å². The van der Waals surface area contributed by atoms with Crippen LogP contribution in [-0.4, -0.2) is 22.3 Å². The van der Waals surface area contributed by atoms with Gasteiger partial charge in [-0.25, -0.2) is 4.39 Å². The zero-order valence-corrected chi connectivity index (χ0v) is 9.47. The first-order chi connectivity index (χ1) is 8.65. The molecule has 0 atom stereocenters. The van der Waals surface area contributed by atoms with Crippen LogP contribution in [0.5, 0.6) is 5.75 Å². The number of benzene rings is 1. The summed E-state index contributed by atoms with van der Waals surface area (Å²) in [6.45, 7) is 0.792. The molecule has 0 bridgehead atoms. The predicted octanol–water partition coefficient (Wildman–Crippen LogP) is 1.00. The molecule has 0 spiro atoms. The Labute approximate surface area is 103 Å². The fraction of sp³-hybridized carbons (Fsp3) is 0.167. The highest BCUT2D eigenvalue weighted by Crippen LogP contribution is 2.10. The number of hydrogen-bond donors (Lipinski definition) is 1. The van der Waals surface area contributed by atoms with E-state index < -0.39 is 5.91 Å². The molecule has 93 valence electrons. The lowest BCUT2D eigenvalue weighted by molar-refractivity contribution is 0.0994. The summed E-state index contributed by atoms with van der Waals surface area (Å²) in [5.41, 5.74) is 5.14. The fourth-order valence-corrected chi connectivity index (χ4v) is 1.34. The van der Waals surface area contributed by atoms with E-state index in [1.165, 1.54) is 23.0 Å². The van der Waals surface area contributed by atoms with E-state index in [1.54, 1.807) is 12.1 Å². The van der Waals surface area contributed by atoms with Crippen LogP contribution in [-0.2, 0) is 6.54 Å². The van der Waals surface area contributed by atoms with Gasteiger partial charge in [0, 0.05) is 12.3 Å². The van der Waals surface area contributed by atoms with Gasteiger partial charge in [0.2, 0.25) is 0 Å². The van der Waals surface area contributed by atoms with E-state index >= 15 is 0 Å². The average molecular weight is 248 g/mol. The molecule has 0 fully saturated rings. The number of hydrogen-bond acceptors (Lipinski definition) is 3. The number of aromatic nitrogens is 2. The van der Waals surface area contributed by atoms with Crippen molar-refractivity contribution in [2.75, 3.05) is 6.61 Å². The number of ether oxygens (including phenoxy) is 1. The van der Waals surface area contributed by atoms with Crippen LogP contribution < -0.4 is 10.5 Å². The molecule has 6 heteroatoms. The molecular weight excluding hydrogens is 237 g/mol. The van der Waals surface area contributed by atoms with Crippen LogP contribution in [0.1, 0.15) is 10.5 Å². The molecule has 1 radical (unpaired) electrons. The van der Waals surface area contributed by atoms with Crippen LogP contribution >= 0.6 is 0 Å². The minimum Gasteiger partial charge on any atom is -0.492 e. The molecule has 1 aromatic carbocycles. The molecular formula is C12H11FN3O2. The van der Waals surface area contributed by atoms with E-state index in [-0.39, 0.29) is 11.5 Å². The van der Waals surface area contributed by atoms with Gasteiger partial charge < -0.3 is 10.5 Å². The lowest BCUT2D eigenvalue weighted by atomic mass is 10.3. The second kappa shape index (κ2) is 5.31. The third kappa shape index (κ3) is 3.07. The molecule has 1 amide bonds. The Hall–Kier alpha value is -2.37. The Balaban J connectivity index is 1.84. The Morgan fingerprint density at radius 1 is 1.44 bits per heavy atom. The number of amides is 1. The van der Waals surface area contributed by atoms with Crippen molar-refractivity contribution in [2.45, 2.75) is 6.54 Å². The molecule has 5 nitrogen and oxygen atoms in total. The van der Waals surface area contributed by atoms with Gasteiger partial charge >= 0.3 is 0 Å². The van der Waals surface area contributed by atoms with Crippen LogP contribution in [0.15, 0.2) is 30.5 Å². The third-order valence-corrected chi connectivity index (χ3v) is 2.21. The number of nitrogens with two attached hydrogens (primary N) is 1. The highest BCUT2D eigenvalue weighted by molar-refractivity contribution is 5.90. The summed E-state index contributed by atoms with van der Waals surface area (Å²) in [6.07, 6.45) is 1.52. The zero-order chi connectivity index (χ0) is 13.0. The molecule has 2 rings (SSSR count). The number of primary amides is 1. The van der Waals surface area contributed by atoms with Crippen LogP contribution in [0.3, 0.4) is 0 Å². The van der Waals surface area contributed by atoms with E-state index in [2.05, 4.69) is 11.2 Å². The van der Waals surface area contributed by atoms with E-state index in [9.17, 15) is 9.18 Å². The maximum atomic E-state index is 12.6. The highest BCUT2D eigenvalue weighted by Gasteiger charge is 2.04. The fourth-order valence-electron chi connectivity index (χ4n) is 1.34. The molecule has 0 saturated heterocycles. The van der Waals surface area contributed by atoms with E-state index in [0.717, 1.165) is 0 Å². The van der Waals surface area contributed by atoms with Gasteiger partial charge in [0.05, 0.1) is 6.54 Å². The average Bonchev–Trinajstić information content (AvgIpc) is 2.81. The lowest BCUT2D eigenvalue weighted by Crippen LogP contribution is -2.14. The maximum Gasteiger partial charge on any atom is 0.269 e. The number of rotatable bonds is 5. The summed E-state index contributed by atoms with van der Waals surface area (Å²) in [5, 5.41) is 3.90. The summed E-state index contributed by atoms with van der Waals surface area (Å²) in [5.74, 6) is -0.356. The minimum absolute atomic E-state index is 0.0942. The lowest BCUT2D eigenvalue weighted by Gasteiger charge is -2.05. The molecule has 18 heavy (non-hydrogen) atoms. The maximum absolute atomic E-state index is 12.6. The van der Waals surface area contributed by atoms with Crippen molar-refractivity contribution in [3.8, 4) is 5.75 Å². The molecule has 1 aromatic heterocycles. The van der Waals surface area contributed by atoms with E-state index in [4.69, 9.17) is 10.5 Å². The van der Waals surface area contributed by atoms with Gasteiger partial charge in [-0.15, -0.1) is 0 Å². The molecule has 1 heterocycles. The minimum atomic E-state index is -0.617. The number of carbonyl (C=O) groups excluding carboxylic acids is 1. The number of carbonyl (C=O) groups is 1. The second-order valence-electron chi connectivity index (χ2n) is 3.55. The van der Waals surface area contributed by atoms with Gasteiger partial charge in [0.1, 0.15) is 18.2 Å². The normalized spacial score (nSPS) is 10.3. The Bertz CT molecular complexity index is 537. The van der Waals surface area contributed by atoms with E-state index in [1.807, 2.05) is 0 Å². The summed E-state index contributed by atoms with van der Waals surface area (Å²) in [4.78, 5) is 10.8. The van der Waals surface area contributed by atoms with Crippen molar-refractivity contribution >= 4 is 5.91 Å². The largest absolute Gasteiger partial charge is 0.492 e. The van der Waals surface area contributed by atoms with Gasteiger partial charge in [0.15, 0.2) is 5.69 Å². The molecule has 0 unspecified atom stereocenters. The first kappa shape index (κ1) is 12.1. The molecule has 0 aliphatic heterocycles. The first-order valence-corrected chi connectivity index (χ1v) is 5.28. The quantitative estimate of drug-likeness (QED) is 0.858. The van der Waals surface area contributed by atoms with Crippen molar-refractivity contribution in [1.29, 1.82) is 0 Å². The number of nitrogens with zero attached hydrogens (tertiary/aromatic N) is 2. The molecule has 2 N–H and O–H groups in total. The Kier molecular flexibility index (Phi) is 3.57. The van der Waals surface area contributed by atoms with Gasteiger partial charge in [-0.1, -0.05) is 0 Å². The standard InChI is InChI=1S/C12H11FN3O2/c13-9-1-3-10(4-2-9)18-8-7-16-6-5-11(15-16)12(14)17/h1-4,6H,7-8H2,(H2,14,17). The smallest absolute Gasteiger partial charge is 0.269 e. The van der Waals surface area contributed by atoms with Gasteiger partial charge in [-0.2, -0.15) is 5.10 Å². The van der Waals surface area contributed by atoms with Gasteiger partial charge in [0.25, 0.3) is 5.91 Å². The Morgan fingerprint density at radius 2 is 2.17 bits per heavy atom. The van der Waals surface area contributed by atoms with E-state index in [0.29, 0.717) is 18.9 Å². The third-order valence-electron chi connectivity index (χ3n) is 2.21. The zero-order valence-electron chi connectivity index (χ0n) is 9.47. The van der Waals surface area contributed by atoms with Crippen molar-refractivity contribution in [3.05, 3.63) is 48.0 Å². The predicted molar refractivity (Wildman–Crippen MR) is 61.5 cm³/mol. The molecule has 2 aromatic rings. The summed E-state index contributed by atoms with van der Waals surface area (Å²) >= 11 is 0. The molecule has 0 aliphatic rings. The first-order valence-electron chi connectivity index (χ1n) is 5.28. The summed E-state index contributed by atoms with van der Waals surface area (Å²) < 4.78 is 19.5. The van der Waals surface area contributed by atoms with Crippen molar-refractivity contribution in [1.82, 2.24) is 9.78 Å². The SMILES string of the molecule is NC(=O)c1[c]cn(CCOc2ccc(F)cc2)n1.